The number of aryl methyl sites for hydroxylation is 1. The monoisotopic (exact) mass is 836 g/mol. The first kappa shape index (κ1) is 45.7. The number of H-pyrrole nitrogens is 1. The Labute approximate surface area is 357 Å². The molecular formula is C46H60N8O7. The molecule has 1 aliphatic rings. The summed E-state index contributed by atoms with van der Waals surface area (Å²) < 4.78 is 5.53. The number of alkyl carbamates (subject to hydrolysis) is 1. The van der Waals surface area contributed by atoms with Crippen LogP contribution < -0.4 is 27.0 Å². The molecule has 4 atom stereocenters. The average Bonchev–Trinajstić information content (AvgIpc) is 3.86. The molecule has 15 heteroatoms. The summed E-state index contributed by atoms with van der Waals surface area (Å²) in [5.41, 5.74) is 9.07. The predicted octanol–water partition coefficient (Wildman–Crippen LogP) is 5.33. The van der Waals surface area contributed by atoms with Crippen molar-refractivity contribution in [3.8, 4) is 0 Å². The first-order valence-electron chi connectivity index (χ1n) is 20.9. The highest BCUT2D eigenvalue weighted by molar-refractivity contribution is 5.93. The van der Waals surface area contributed by atoms with Crippen LogP contribution in [0.2, 0.25) is 0 Å². The summed E-state index contributed by atoms with van der Waals surface area (Å²) in [4.78, 5) is 87.1. The van der Waals surface area contributed by atoms with E-state index in [-0.39, 0.29) is 43.5 Å². The number of unbranched alkanes of at least 4 members (excludes halogenated alkanes) is 1. The van der Waals surface area contributed by atoms with Crippen molar-refractivity contribution in [2.45, 2.75) is 109 Å². The highest BCUT2D eigenvalue weighted by atomic mass is 16.6. The molecule has 15 nitrogen and oxygen atoms in total. The van der Waals surface area contributed by atoms with Gasteiger partial charge in [0.25, 0.3) is 0 Å². The third kappa shape index (κ3) is 13.3. The number of urea groups is 1. The van der Waals surface area contributed by atoms with Crippen LogP contribution >= 0.6 is 0 Å². The van der Waals surface area contributed by atoms with E-state index in [1.165, 1.54) is 4.90 Å². The zero-order chi connectivity index (χ0) is 44.1. The van der Waals surface area contributed by atoms with Crippen molar-refractivity contribution in [2.24, 2.45) is 5.73 Å². The molecule has 1 aliphatic heterocycles. The van der Waals surface area contributed by atoms with Crippen LogP contribution in [0.3, 0.4) is 0 Å². The molecular weight excluding hydrogens is 777 g/mol. The van der Waals surface area contributed by atoms with Crippen molar-refractivity contribution in [1.29, 1.82) is 0 Å². The number of nitrogens with two attached hydrogens (primary N) is 1. The summed E-state index contributed by atoms with van der Waals surface area (Å²) in [6.07, 6.45) is 3.68. The molecule has 0 spiro atoms. The van der Waals surface area contributed by atoms with Gasteiger partial charge in [-0.25, -0.2) is 9.59 Å². The van der Waals surface area contributed by atoms with Crippen molar-refractivity contribution in [2.75, 3.05) is 25.5 Å². The molecule has 4 aromatic rings. The van der Waals surface area contributed by atoms with Crippen molar-refractivity contribution in [3.05, 3.63) is 102 Å². The highest BCUT2D eigenvalue weighted by Crippen LogP contribution is 2.25. The molecule has 3 aromatic carbocycles. The van der Waals surface area contributed by atoms with Crippen LogP contribution in [0.25, 0.3) is 10.9 Å². The molecule has 0 saturated carbocycles. The van der Waals surface area contributed by atoms with Gasteiger partial charge in [-0.15, -0.1) is 0 Å². The van der Waals surface area contributed by atoms with E-state index in [9.17, 15) is 28.8 Å². The molecule has 7 amide bonds. The first-order chi connectivity index (χ1) is 29.1. The van der Waals surface area contributed by atoms with Crippen LogP contribution in [0.5, 0.6) is 0 Å². The molecule has 326 valence electrons. The second kappa shape index (κ2) is 21.2. The van der Waals surface area contributed by atoms with Crippen LogP contribution in [-0.2, 0) is 36.8 Å². The minimum absolute atomic E-state index is 0.0369. The molecule has 0 aliphatic carbocycles. The Bertz CT molecular complexity index is 2150. The molecule has 0 bridgehead atoms. The Kier molecular flexibility index (Phi) is 15.9. The molecule has 1 saturated heterocycles. The molecule has 5 rings (SSSR count). The maximum Gasteiger partial charge on any atom is 0.408 e. The summed E-state index contributed by atoms with van der Waals surface area (Å²) in [5, 5.41) is 12.3. The van der Waals surface area contributed by atoms with Gasteiger partial charge in [-0.3, -0.25) is 19.2 Å². The summed E-state index contributed by atoms with van der Waals surface area (Å²) in [7, 11) is 1.55. The SMILES string of the molecule is Cc1ccccc1NC(=O)NCCCC[C@H](NC(=O)C(Cc1c[nH]c2ccccc12)NC(=O)OC(C)(C)C)C(=O)N1CCC[C@H]1CC(=O)N(C)C(Cc1ccccc1)C(N)=O. The topological polar surface area (TPSA) is 208 Å². The van der Waals surface area contributed by atoms with Gasteiger partial charge >= 0.3 is 12.1 Å². The Morgan fingerprint density at radius 2 is 1.61 bits per heavy atom. The van der Waals surface area contributed by atoms with E-state index in [0.29, 0.717) is 44.5 Å². The van der Waals surface area contributed by atoms with E-state index in [4.69, 9.17) is 10.5 Å². The number of para-hydroxylation sites is 2. The fraction of sp³-hybridized carbons (Fsp3) is 0.435. The maximum atomic E-state index is 14.6. The normalized spacial score (nSPS) is 15.3. The lowest BCUT2D eigenvalue weighted by atomic mass is 10.0. The molecule has 7 N–H and O–H groups in total. The second-order valence-corrected chi connectivity index (χ2v) is 16.7. The molecule has 2 unspecified atom stereocenters. The van der Waals surface area contributed by atoms with E-state index in [1.807, 2.05) is 85.8 Å². The zero-order valence-electron chi connectivity index (χ0n) is 35.8. The maximum absolute atomic E-state index is 14.6. The van der Waals surface area contributed by atoms with Gasteiger partial charge in [-0.1, -0.05) is 66.7 Å². The number of hydrogen-bond acceptors (Lipinski definition) is 7. The van der Waals surface area contributed by atoms with Gasteiger partial charge in [0.05, 0.1) is 0 Å². The number of ether oxygens (including phenoxy) is 1. The Hall–Kier alpha value is -6.38. The van der Waals surface area contributed by atoms with Crippen LogP contribution in [0, 0.1) is 6.92 Å². The van der Waals surface area contributed by atoms with Gasteiger partial charge in [0, 0.05) is 68.2 Å². The second-order valence-electron chi connectivity index (χ2n) is 16.7. The molecule has 61 heavy (non-hydrogen) atoms. The van der Waals surface area contributed by atoms with E-state index >= 15 is 0 Å². The number of nitrogens with one attached hydrogen (secondary N) is 5. The van der Waals surface area contributed by atoms with Crippen molar-refractivity contribution < 1.29 is 33.5 Å². The number of likely N-dealkylation sites (N-methyl/N-ethyl adjacent to an activating group) is 1. The largest absolute Gasteiger partial charge is 0.444 e. The van der Waals surface area contributed by atoms with Gasteiger partial charge in [0.2, 0.25) is 23.6 Å². The number of likely N-dealkylation sites (tertiary alicyclic amines) is 1. The Morgan fingerprint density at radius 3 is 2.33 bits per heavy atom. The number of hydrogen-bond donors (Lipinski definition) is 6. The lowest BCUT2D eigenvalue weighted by Crippen LogP contribution is -2.56. The fourth-order valence-corrected chi connectivity index (χ4v) is 7.59. The number of rotatable bonds is 18. The summed E-state index contributed by atoms with van der Waals surface area (Å²) >= 11 is 0. The van der Waals surface area contributed by atoms with Crippen LogP contribution in [0.15, 0.2) is 85.1 Å². The smallest absolute Gasteiger partial charge is 0.408 e. The number of carbonyl (C=O) groups is 6. The zero-order valence-corrected chi connectivity index (χ0v) is 35.8. The van der Waals surface area contributed by atoms with E-state index in [0.717, 1.165) is 27.6 Å². The molecule has 1 aromatic heterocycles. The first-order valence-corrected chi connectivity index (χ1v) is 20.9. The number of anilines is 1. The standard InChI is InChI=1S/C46H60N8O7/c1-30-16-9-11-21-35(30)51-44(59)48-24-14-13-23-37(50-42(57)38(52-45(60)61-46(2,3)4)27-32-29-49-36-22-12-10-20-34(32)36)43(58)54-25-15-19-33(54)28-40(55)53(5)39(41(47)56)26-31-17-7-6-8-18-31/h6-12,16-18,20-22,29,33,37-39,49H,13-15,19,23-28H2,1-5H3,(H2,47,56)(H,50,57)(H,52,60)(H2,48,51,59)/t33-,37-,38?,39?/m0/s1. The van der Waals surface area contributed by atoms with Gasteiger partial charge < -0.3 is 46.5 Å². The summed E-state index contributed by atoms with van der Waals surface area (Å²) in [5.74, 6) is -1.91. The summed E-state index contributed by atoms with van der Waals surface area (Å²) in [6, 6.07) is 20.5. The van der Waals surface area contributed by atoms with Gasteiger partial charge in [0.15, 0.2) is 0 Å². The lowest BCUT2D eigenvalue weighted by Gasteiger charge is -2.32. The number of aromatic amines is 1. The van der Waals surface area contributed by atoms with Crippen LogP contribution in [-0.4, -0.2) is 100 Å². The van der Waals surface area contributed by atoms with E-state index in [2.05, 4.69) is 26.3 Å². The minimum atomic E-state index is -1.11. The quantitative estimate of drug-likeness (QED) is 0.0726. The van der Waals surface area contributed by atoms with Gasteiger partial charge in [0.1, 0.15) is 23.7 Å². The molecule has 2 heterocycles. The number of carbonyl (C=O) groups excluding carboxylic acids is 6. The average molecular weight is 837 g/mol. The number of fused-ring (bicyclic) bond motifs is 1. The van der Waals surface area contributed by atoms with E-state index < -0.39 is 47.7 Å². The number of amides is 7. The number of benzene rings is 3. The third-order valence-corrected chi connectivity index (χ3v) is 10.9. The Morgan fingerprint density at radius 1 is 0.902 bits per heavy atom. The van der Waals surface area contributed by atoms with Gasteiger partial charge in [-0.2, -0.15) is 0 Å². The highest BCUT2D eigenvalue weighted by Gasteiger charge is 2.38. The summed E-state index contributed by atoms with van der Waals surface area (Å²) in [6.45, 7) is 7.76. The number of nitrogens with zero attached hydrogens (tertiary/aromatic N) is 2. The van der Waals surface area contributed by atoms with Gasteiger partial charge in [-0.05, 0) is 88.6 Å². The third-order valence-electron chi connectivity index (χ3n) is 10.9. The van der Waals surface area contributed by atoms with Crippen molar-refractivity contribution in [1.82, 2.24) is 30.7 Å². The fourth-order valence-electron chi connectivity index (χ4n) is 7.59. The number of primary amides is 1. The molecule has 0 radical (unpaired) electrons. The molecule has 1 fully saturated rings. The number of aromatic nitrogens is 1. The van der Waals surface area contributed by atoms with Crippen molar-refractivity contribution in [3.63, 3.8) is 0 Å². The van der Waals surface area contributed by atoms with E-state index in [1.54, 1.807) is 38.9 Å². The Balaban J connectivity index is 1.31. The minimum Gasteiger partial charge on any atom is -0.444 e. The lowest BCUT2D eigenvalue weighted by molar-refractivity contribution is -0.141. The van der Waals surface area contributed by atoms with Crippen LogP contribution in [0.4, 0.5) is 15.3 Å². The van der Waals surface area contributed by atoms with Crippen molar-refractivity contribution >= 4 is 52.3 Å². The van der Waals surface area contributed by atoms with Crippen LogP contribution in [0.1, 0.15) is 76.0 Å². The predicted molar refractivity (Wildman–Crippen MR) is 234 cm³/mol.